The van der Waals surface area contributed by atoms with E-state index in [1.807, 2.05) is 40.3 Å². The van der Waals surface area contributed by atoms with Crippen molar-refractivity contribution in [2.45, 2.75) is 6.54 Å². The smallest absolute Gasteiger partial charge is 0.160 e. The number of aromatic nitrogens is 3. The maximum Gasteiger partial charge on any atom is 0.160 e. The van der Waals surface area contributed by atoms with Crippen molar-refractivity contribution in [3.63, 3.8) is 0 Å². The highest BCUT2D eigenvalue weighted by atomic mass is 32.1. The predicted molar refractivity (Wildman–Crippen MR) is 86.3 cm³/mol. The van der Waals surface area contributed by atoms with Crippen LogP contribution in [-0.2, 0) is 6.54 Å². The summed E-state index contributed by atoms with van der Waals surface area (Å²) in [6, 6.07) is 14.7. The Morgan fingerprint density at radius 3 is 2.68 bits per heavy atom. The number of hydrogen-bond donors (Lipinski definition) is 0. The predicted octanol–water partition coefficient (Wildman–Crippen LogP) is 4.35. The SMILES string of the molecule is Fc1ccccc1Cn1c(-c2cscn2)nc2ccccc21. The molecule has 0 amide bonds. The zero-order chi connectivity index (χ0) is 14.9. The fourth-order valence-corrected chi connectivity index (χ4v) is 3.08. The van der Waals surface area contributed by atoms with Gasteiger partial charge in [0.2, 0.25) is 0 Å². The minimum Gasteiger partial charge on any atom is -0.318 e. The van der Waals surface area contributed by atoms with Crippen LogP contribution in [0.1, 0.15) is 5.56 Å². The van der Waals surface area contributed by atoms with Gasteiger partial charge in [-0.1, -0.05) is 30.3 Å². The summed E-state index contributed by atoms with van der Waals surface area (Å²) in [6.07, 6.45) is 0. The lowest BCUT2D eigenvalue weighted by molar-refractivity contribution is 0.602. The van der Waals surface area contributed by atoms with E-state index in [-0.39, 0.29) is 5.82 Å². The lowest BCUT2D eigenvalue weighted by Crippen LogP contribution is -2.04. The summed E-state index contributed by atoms with van der Waals surface area (Å²) >= 11 is 1.52. The fourth-order valence-electron chi connectivity index (χ4n) is 2.55. The van der Waals surface area contributed by atoms with Crippen molar-refractivity contribution in [3.8, 4) is 11.5 Å². The van der Waals surface area contributed by atoms with Gasteiger partial charge in [-0.2, -0.15) is 0 Å². The molecule has 2 heterocycles. The van der Waals surface area contributed by atoms with Crippen molar-refractivity contribution in [1.82, 2.24) is 14.5 Å². The van der Waals surface area contributed by atoms with E-state index in [2.05, 4.69) is 9.97 Å². The Morgan fingerprint density at radius 1 is 1.05 bits per heavy atom. The molecule has 5 heteroatoms. The quantitative estimate of drug-likeness (QED) is 0.563. The first-order valence-electron chi connectivity index (χ1n) is 6.90. The number of halogens is 1. The van der Waals surface area contributed by atoms with Gasteiger partial charge in [0.15, 0.2) is 5.82 Å². The van der Waals surface area contributed by atoms with Gasteiger partial charge in [-0.25, -0.2) is 14.4 Å². The molecule has 0 fully saturated rings. The molecule has 0 aliphatic carbocycles. The van der Waals surface area contributed by atoms with E-state index >= 15 is 0 Å². The van der Waals surface area contributed by atoms with Crippen LogP contribution in [0.4, 0.5) is 4.39 Å². The molecule has 2 aromatic carbocycles. The van der Waals surface area contributed by atoms with E-state index in [9.17, 15) is 4.39 Å². The van der Waals surface area contributed by atoms with Crippen molar-refractivity contribution in [1.29, 1.82) is 0 Å². The monoisotopic (exact) mass is 309 g/mol. The number of thiazole rings is 1. The fraction of sp³-hybridized carbons (Fsp3) is 0.0588. The van der Waals surface area contributed by atoms with Gasteiger partial charge in [0, 0.05) is 10.9 Å². The van der Waals surface area contributed by atoms with E-state index in [0.29, 0.717) is 12.1 Å². The third kappa shape index (κ3) is 2.19. The third-order valence-corrected chi connectivity index (χ3v) is 4.19. The van der Waals surface area contributed by atoms with Gasteiger partial charge in [0.05, 0.1) is 23.1 Å². The third-order valence-electron chi connectivity index (χ3n) is 3.60. The second-order valence-corrected chi connectivity index (χ2v) is 5.69. The first-order chi connectivity index (χ1) is 10.8. The molecule has 3 nitrogen and oxygen atoms in total. The highest BCUT2D eigenvalue weighted by Gasteiger charge is 2.15. The lowest BCUT2D eigenvalue weighted by atomic mass is 10.2. The standard InChI is InChI=1S/C17H12FN3S/c18-13-6-2-1-5-12(13)9-21-16-8-4-3-7-14(16)20-17(21)15-10-22-11-19-15/h1-8,10-11H,9H2. The zero-order valence-electron chi connectivity index (χ0n) is 11.6. The molecule has 2 aromatic heterocycles. The molecule has 0 saturated heterocycles. The molecule has 0 aliphatic rings. The topological polar surface area (TPSA) is 30.7 Å². The highest BCUT2D eigenvalue weighted by Crippen LogP contribution is 2.26. The number of fused-ring (bicyclic) bond motifs is 1. The Balaban J connectivity index is 1.91. The van der Waals surface area contributed by atoms with E-state index in [4.69, 9.17) is 0 Å². The maximum atomic E-state index is 14.0. The van der Waals surface area contributed by atoms with E-state index < -0.39 is 0 Å². The summed E-state index contributed by atoms with van der Waals surface area (Å²) in [5.41, 5.74) is 5.11. The summed E-state index contributed by atoms with van der Waals surface area (Å²) in [4.78, 5) is 9.01. The summed E-state index contributed by atoms with van der Waals surface area (Å²) < 4.78 is 16.0. The highest BCUT2D eigenvalue weighted by molar-refractivity contribution is 7.07. The van der Waals surface area contributed by atoms with Crippen molar-refractivity contribution in [3.05, 3.63) is 70.8 Å². The minimum atomic E-state index is -0.204. The summed E-state index contributed by atoms with van der Waals surface area (Å²) in [5.74, 6) is 0.565. The average molecular weight is 309 g/mol. The zero-order valence-corrected chi connectivity index (χ0v) is 12.4. The van der Waals surface area contributed by atoms with Gasteiger partial charge in [-0.15, -0.1) is 11.3 Å². The Morgan fingerprint density at radius 2 is 1.86 bits per heavy atom. The number of benzene rings is 2. The van der Waals surface area contributed by atoms with Crippen molar-refractivity contribution < 1.29 is 4.39 Å². The molecule has 0 saturated carbocycles. The average Bonchev–Trinajstić information content (AvgIpc) is 3.17. The van der Waals surface area contributed by atoms with E-state index in [1.165, 1.54) is 17.4 Å². The number of nitrogens with zero attached hydrogens (tertiary/aromatic N) is 3. The van der Waals surface area contributed by atoms with Gasteiger partial charge in [0.25, 0.3) is 0 Å². The first-order valence-corrected chi connectivity index (χ1v) is 7.84. The lowest BCUT2D eigenvalue weighted by Gasteiger charge is -2.09. The Labute approximate surface area is 130 Å². The molecule has 4 aromatic rings. The molecular formula is C17H12FN3S. The molecule has 0 spiro atoms. The van der Waals surface area contributed by atoms with Gasteiger partial charge >= 0.3 is 0 Å². The number of para-hydroxylation sites is 2. The van der Waals surface area contributed by atoms with Crippen LogP contribution in [0.3, 0.4) is 0 Å². The molecule has 0 unspecified atom stereocenters. The molecule has 0 radical (unpaired) electrons. The second-order valence-electron chi connectivity index (χ2n) is 4.98. The van der Waals surface area contributed by atoms with Gasteiger partial charge in [0.1, 0.15) is 11.5 Å². The first kappa shape index (κ1) is 13.2. The Bertz CT molecular complexity index is 928. The second kappa shape index (κ2) is 5.35. The van der Waals surface area contributed by atoms with Crippen LogP contribution >= 0.6 is 11.3 Å². The Hall–Kier alpha value is -2.53. The normalized spacial score (nSPS) is 11.1. The molecule has 0 bridgehead atoms. The van der Waals surface area contributed by atoms with Crippen molar-refractivity contribution in [2.24, 2.45) is 0 Å². The van der Waals surface area contributed by atoms with Crippen LogP contribution in [-0.4, -0.2) is 14.5 Å². The van der Waals surface area contributed by atoms with Crippen molar-refractivity contribution in [2.75, 3.05) is 0 Å². The van der Waals surface area contributed by atoms with Crippen LogP contribution in [0.2, 0.25) is 0 Å². The van der Waals surface area contributed by atoms with Crippen LogP contribution < -0.4 is 0 Å². The summed E-state index contributed by atoms with van der Waals surface area (Å²) in [7, 11) is 0. The molecule has 22 heavy (non-hydrogen) atoms. The molecule has 0 aliphatic heterocycles. The Kier molecular flexibility index (Phi) is 3.20. The number of hydrogen-bond acceptors (Lipinski definition) is 3. The van der Waals surface area contributed by atoms with Crippen LogP contribution in [0, 0.1) is 5.82 Å². The van der Waals surface area contributed by atoms with Crippen LogP contribution in [0.15, 0.2) is 59.4 Å². The molecule has 108 valence electrons. The minimum absolute atomic E-state index is 0.204. The number of imidazole rings is 1. The van der Waals surface area contributed by atoms with E-state index in [0.717, 1.165) is 22.6 Å². The molecule has 4 rings (SSSR count). The largest absolute Gasteiger partial charge is 0.318 e. The van der Waals surface area contributed by atoms with Crippen LogP contribution in [0.5, 0.6) is 0 Å². The van der Waals surface area contributed by atoms with E-state index in [1.54, 1.807) is 17.6 Å². The number of rotatable bonds is 3. The van der Waals surface area contributed by atoms with Gasteiger partial charge < -0.3 is 4.57 Å². The molecular weight excluding hydrogens is 297 g/mol. The molecule has 0 atom stereocenters. The molecule has 0 N–H and O–H groups in total. The van der Waals surface area contributed by atoms with Crippen molar-refractivity contribution >= 4 is 22.4 Å². The summed E-state index contributed by atoms with van der Waals surface area (Å²) in [6.45, 7) is 0.431. The van der Waals surface area contributed by atoms with Gasteiger partial charge in [-0.3, -0.25) is 0 Å². The van der Waals surface area contributed by atoms with Gasteiger partial charge in [-0.05, 0) is 18.2 Å². The maximum absolute atomic E-state index is 14.0. The van der Waals surface area contributed by atoms with Crippen LogP contribution in [0.25, 0.3) is 22.6 Å². The summed E-state index contributed by atoms with van der Waals surface area (Å²) in [5, 5.41) is 1.96.